The van der Waals surface area contributed by atoms with E-state index in [9.17, 15) is 25.0 Å². The molecule has 27 heavy (non-hydrogen) atoms. The van der Waals surface area contributed by atoms with Crippen LogP contribution in [0.15, 0.2) is 23.3 Å². The van der Waals surface area contributed by atoms with Crippen molar-refractivity contribution in [2.45, 2.75) is 39.5 Å². The summed E-state index contributed by atoms with van der Waals surface area (Å²) in [6.45, 7) is 4.01. The zero-order valence-corrected chi connectivity index (χ0v) is 15.4. The maximum atomic E-state index is 12.1. The number of methoxy groups -OCH3 is 1. The van der Waals surface area contributed by atoms with Crippen LogP contribution in [0, 0.1) is 31.6 Å². The molecule has 0 aliphatic heterocycles. The molecule has 1 aliphatic carbocycles. The van der Waals surface area contributed by atoms with Gasteiger partial charge in [-0.1, -0.05) is 13.8 Å². The van der Waals surface area contributed by atoms with Gasteiger partial charge in [-0.05, 0) is 31.7 Å². The number of hydrazone groups is 1. The molecule has 0 bridgehead atoms. The Balaban J connectivity index is 2.44. The lowest BCUT2D eigenvalue weighted by atomic mass is 9.78. The van der Waals surface area contributed by atoms with Crippen molar-refractivity contribution in [3.8, 4) is 0 Å². The van der Waals surface area contributed by atoms with E-state index in [0.717, 1.165) is 31.4 Å². The lowest BCUT2D eigenvalue weighted by molar-refractivity contribution is -0.393. The van der Waals surface area contributed by atoms with Crippen LogP contribution in [0.5, 0.6) is 0 Å². The summed E-state index contributed by atoms with van der Waals surface area (Å²) in [5.74, 6) is -0.906. The van der Waals surface area contributed by atoms with Crippen molar-refractivity contribution in [3.63, 3.8) is 0 Å². The lowest BCUT2D eigenvalue weighted by Crippen LogP contribution is -2.32. The van der Waals surface area contributed by atoms with Crippen molar-refractivity contribution in [2.24, 2.45) is 16.4 Å². The van der Waals surface area contributed by atoms with Crippen LogP contribution in [0.1, 0.15) is 39.5 Å². The summed E-state index contributed by atoms with van der Waals surface area (Å²) in [6.07, 6.45) is 2.89. The van der Waals surface area contributed by atoms with Crippen LogP contribution >= 0.6 is 0 Å². The molecule has 1 aromatic carbocycles. The van der Waals surface area contributed by atoms with Crippen molar-refractivity contribution >= 4 is 28.7 Å². The highest BCUT2D eigenvalue weighted by Crippen LogP contribution is 2.45. The molecule has 1 aliphatic rings. The van der Waals surface area contributed by atoms with E-state index >= 15 is 0 Å². The van der Waals surface area contributed by atoms with Crippen LogP contribution in [0.2, 0.25) is 0 Å². The summed E-state index contributed by atoms with van der Waals surface area (Å²) >= 11 is 0. The van der Waals surface area contributed by atoms with E-state index in [1.165, 1.54) is 13.2 Å². The molecule has 2 rings (SSSR count). The number of nitrogens with one attached hydrogen (secondary N) is 1. The molecule has 1 N–H and O–H groups in total. The maximum Gasteiger partial charge on any atom is 0.314 e. The second-order valence-corrected chi connectivity index (χ2v) is 6.43. The molecule has 1 saturated carbocycles. The minimum atomic E-state index is -0.713. The van der Waals surface area contributed by atoms with Crippen molar-refractivity contribution in [1.82, 2.24) is 0 Å². The quantitative estimate of drug-likeness (QED) is 0.434. The third-order valence-corrected chi connectivity index (χ3v) is 5.31. The van der Waals surface area contributed by atoms with Gasteiger partial charge in [-0.25, -0.2) is 0 Å². The first-order valence-corrected chi connectivity index (χ1v) is 8.64. The van der Waals surface area contributed by atoms with Gasteiger partial charge in [0.25, 0.3) is 5.69 Å². The predicted octanol–water partition coefficient (Wildman–Crippen LogP) is 3.66. The molecule has 0 amide bonds. The van der Waals surface area contributed by atoms with Crippen molar-refractivity contribution in [2.75, 3.05) is 12.5 Å². The summed E-state index contributed by atoms with van der Waals surface area (Å²) in [4.78, 5) is 32.8. The molecule has 10 nitrogen and oxygen atoms in total. The average Bonchev–Trinajstić information content (AvgIpc) is 3.04. The normalized spacial score (nSPS) is 19.7. The average molecular weight is 378 g/mol. The van der Waals surface area contributed by atoms with E-state index in [1.807, 2.05) is 13.8 Å². The molecule has 0 spiro atoms. The number of nitrogens with zero attached hydrogens (tertiary/aromatic N) is 3. The molecule has 1 atom stereocenters. The number of rotatable bonds is 7. The highest BCUT2D eigenvalue weighted by Gasteiger charge is 2.46. The minimum absolute atomic E-state index is 0.0229. The SMILES string of the molecule is CCC1(CC)CC[C@@H](C(=O)OC)/C1=N\Nc1ccc([N+](=O)[O-])cc1[N+](=O)[O-]. The molecule has 0 saturated heterocycles. The molecule has 146 valence electrons. The minimum Gasteiger partial charge on any atom is -0.469 e. The Morgan fingerprint density at radius 3 is 2.48 bits per heavy atom. The summed E-state index contributed by atoms with van der Waals surface area (Å²) in [6, 6.07) is 3.28. The number of nitro benzene ring substituents is 2. The van der Waals surface area contributed by atoms with E-state index in [-0.39, 0.29) is 16.8 Å². The Kier molecular flexibility index (Phi) is 6.09. The van der Waals surface area contributed by atoms with E-state index in [0.29, 0.717) is 12.1 Å². The summed E-state index contributed by atoms with van der Waals surface area (Å²) in [7, 11) is 1.31. The number of ether oxygens (including phenoxy) is 1. The second kappa shape index (κ2) is 8.11. The zero-order chi connectivity index (χ0) is 20.2. The van der Waals surface area contributed by atoms with Gasteiger partial charge in [0.05, 0.1) is 34.7 Å². The first-order valence-electron chi connectivity index (χ1n) is 8.64. The molecule has 1 fully saturated rings. The number of nitro groups is 2. The first kappa shape index (κ1) is 20.3. The van der Waals surface area contributed by atoms with E-state index < -0.39 is 27.4 Å². The number of carbonyl (C=O) groups excluding carboxylic acids is 1. The fourth-order valence-corrected chi connectivity index (χ4v) is 3.59. The van der Waals surface area contributed by atoms with Crippen LogP contribution in [-0.2, 0) is 9.53 Å². The second-order valence-electron chi connectivity index (χ2n) is 6.43. The third-order valence-electron chi connectivity index (χ3n) is 5.31. The van der Waals surface area contributed by atoms with Crippen molar-refractivity contribution < 1.29 is 19.4 Å². The predicted molar refractivity (Wildman–Crippen MR) is 98.6 cm³/mol. The Morgan fingerprint density at radius 2 is 1.96 bits per heavy atom. The van der Waals surface area contributed by atoms with Gasteiger partial charge in [-0.2, -0.15) is 5.10 Å². The number of esters is 1. The van der Waals surface area contributed by atoms with E-state index in [1.54, 1.807) is 0 Å². The zero-order valence-electron chi connectivity index (χ0n) is 15.4. The fraction of sp³-hybridized carbons (Fsp3) is 0.529. The van der Waals surface area contributed by atoms with Gasteiger partial charge in [0, 0.05) is 11.5 Å². The molecule has 0 aromatic heterocycles. The molecule has 0 radical (unpaired) electrons. The van der Waals surface area contributed by atoms with Crippen LogP contribution in [-0.4, -0.2) is 28.6 Å². The standard InChI is InChI=1S/C17H22N4O6/c1-4-17(5-2)9-8-12(16(22)27-3)15(17)19-18-13-7-6-11(20(23)24)10-14(13)21(25)26/h6-7,10,12,18H,4-5,8-9H2,1-3H3/b19-15+/t12-/m1/s1. The number of hydrogen-bond acceptors (Lipinski definition) is 8. The van der Waals surface area contributed by atoms with Gasteiger partial charge >= 0.3 is 11.7 Å². The molecule has 0 heterocycles. The first-order chi connectivity index (χ1) is 12.8. The largest absolute Gasteiger partial charge is 0.469 e. The maximum absolute atomic E-state index is 12.1. The van der Waals surface area contributed by atoms with Crippen LogP contribution < -0.4 is 5.43 Å². The lowest BCUT2D eigenvalue weighted by Gasteiger charge is -2.27. The molecular formula is C17H22N4O6. The molecule has 10 heteroatoms. The molecular weight excluding hydrogens is 356 g/mol. The Bertz CT molecular complexity index is 788. The van der Waals surface area contributed by atoms with Crippen molar-refractivity contribution in [3.05, 3.63) is 38.4 Å². The monoisotopic (exact) mass is 378 g/mol. The highest BCUT2D eigenvalue weighted by molar-refractivity contribution is 6.07. The van der Waals surface area contributed by atoms with Crippen LogP contribution in [0.3, 0.4) is 0 Å². The van der Waals surface area contributed by atoms with Gasteiger partial charge in [0.1, 0.15) is 5.69 Å². The summed E-state index contributed by atoms with van der Waals surface area (Å²) in [5.41, 5.74) is 2.14. The number of benzene rings is 1. The highest BCUT2D eigenvalue weighted by atomic mass is 16.6. The Morgan fingerprint density at radius 1 is 1.30 bits per heavy atom. The molecule has 1 aromatic rings. The van der Waals surface area contributed by atoms with Gasteiger partial charge in [-0.3, -0.25) is 30.4 Å². The smallest absolute Gasteiger partial charge is 0.314 e. The fourth-order valence-electron chi connectivity index (χ4n) is 3.59. The van der Waals surface area contributed by atoms with Crippen LogP contribution in [0.25, 0.3) is 0 Å². The molecule has 0 unspecified atom stereocenters. The van der Waals surface area contributed by atoms with Gasteiger partial charge in [-0.15, -0.1) is 0 Å². The summed E-state index contributed by atoms with van der Waals surface area (Å²) < 4.78 is 4.87. The summed E-state index contributed by atoms with van der Waals surface area (Å²) in [5, 5.41) is 26.5. The Hall–Kier alpha value is -3.04. The van der Waals surface area contributed by atoms with Crippen LogP contribution in [0.4, 0.5) is 17.1 Å². The number of anilines is 1. The topological polar surface area (TPSA) is 137 Å². The number of hydrogen-bond donors (Lipinski definition) is 1. The van der Waals surface area contributed by atoms with Gasteiger partial charge in [0.15, 0.2) is 0 Å². The number of carbonyl (C=O) groups is 1. The van der Waals surface area contributed by atoms with E-state index in [4.69, 9.17) is 4.74 Å². The van der Waals surface area contributed by atoms with Gasteiger partial charge < -0.3 is 4.74 Å². The van der Waals surface area contributed by atoms with Crippen molar-refractivity contribution in [1.29, 1.82) is 0 Å². The Labute approximate surface area is 155 Å². The van der Waals surface area contributed by atoms with Gasteiger partial charge in [0.2, 0.25) is 0 Å². The number of non-ortho nitro benzene ring substituents is 1. The van der Waals surface area contributed by atoms with E-state index in [2.05, 4.69) is 10.5 Å². The third kappa shape index (κ3) is 3.88.